The number of hydrogen-bond acceptors (Lipinski definition) is 4. The Labute approximate surface area is 179 Å². The molecule has 150 valence electrons. The van der Waals surface area contributed by atoms with Gasteiger partial charge in [-0.05, 0) is 66.9 Å². The number of amides is 1. The van der Waals surface area contributed by atoms with E-state index in [0.717, 1.165) is 10.2 Å². The minimum atomic E-state index is -0.153. The molecule has 30 heavy (non-hydrogen) atoms. The normalized spacial score (nSPS) is 11.1. The van der Waals surface area contributed by atoms with Crippen LogP contribution in [0.15, 0.2) is 72.8 Å². The molecule has 4 rings (SSSR count). The highest BCUT2D eigenvalue weighted by molar-refractivity contribution is 7.22. The molecule has 1 amide bonds. The van der Waals surface area contributed by atoms with Gasteiger partial charge in [-0.1, -0.05) is 49.4 Å². The highest BCUT2D eigenvalue weighted by Crippen LogP contribution is 2.35. The molecule has 0 aliphatic rings. The van der Waals surface area contributed by atoms with Gasteiger partial charge in [0.15, 0.2) is 10.9 Å². The van der Waals surface area contributed by atoms with Crippen LogP contribution in [0, 0.1) is 0 Å². The zero-order valence-corrected chi connectivity index (χ0v) is 17.9. The molecule has 0 fully saturated rings. The first kappa shape index (κ1) is 20.0. The molecular weight excluding hydrogens is 392 g/mol. The van der Waals surface area contributed by atoms with Crippen LogP contribution in [0.1, 0.15) is 53.0 Å². The third-order valence-electron chi connectivity index (χ3n) is 5.03. The minimum absolute atomic E-state index is 0.0105. The molecule has 5 heteroatoms. The maximum atomic E-state index is 13.5. The van der Waals surface area contributed by atoms with Gasteiger partial charge in [0.1, 0.15) is 0 Å². The van der Waals surface area contributed by atoms with Gasteiger partial charge in [-0.15, -0.1) is 0 Å². The molecule has 3 aromatic carbocycles. The molecule has 1 heterocycles. The van der Waals surface area contributed by atoms with E-state index in [-0.39, 0.29) is 11.7 Å². The Morgan fingerprint density at radius 1 is 0.867 bits per heavy atom. The molecule has 1 aromatic heterocycles. The van der Waals surface area contributed by atoms with Crippen LogP contribution >= 0.6 is 11.3 Å². The number of ketones is 1. The summed E-state index contributed by atoms with van der Waals surface area (Å²) in [7, 11) is 0. The monoisotopic (exact) mass is 414 g/mol. The predicted molar refractivity (Wildman–Crippen MR) is 123 cm³/mol. The summed E-state index contributed by atoms with van der Waals surface area (Å²) < 4.78 is 1.01. The van der Waals surface area contributed by atoms with Crippen LogP contribution in [0.3, 0.4) is 0 Å². The van der Waals surface area contributed by atoms with Crippen molar-refractivity contribution in [3.63, 3.8) is 0 Å². The number of para-hydroxylation sites is 1. The van der Waals surface area contributed by atoms with Gasteiger partial charge in [-0.25, -0.2) is 4.98 Å². The number of aromatic nitrogens is 1. The number of rotatable bonds is 5. The van der Waals surface area contributed by atoms with Crippen molar-refractivity contribution in [2.45, 2.75) is 26.7 Å². The molecule has 0 radical (unpaired) electrons. The quantitative estimate of drug-likeness (QED) is 0.346. The lowest BCUT2D eigenvalue weighted by molar-refractivity contribution is 0.0996. The van der Waals surface area contributed by atoms with Crippen molar-refractivity contribution in [2.75, 3.05) is 4.90 Å². The van der Waals surface area contributed by atoms with Gasteiger partial charge in [0, 0.05) is 11.1 Å². The van der Waals surface area contributed by atoms with Crippen LogP contribution in [0.4, 0.5) is 10.8 Å². The number of fused-ring (bicyclic) bond motifs is 1. The summed E-state index contributed by atoms with van der Waals surface area (Å²) in [6, 6.07) is 22.6. The SMILES string of the molecule is CC(=O)c1ccc(N(C(=O)c2ccc(C(C)C)cc2)c2nc3ccccc3s2)cc1. The average Bonchev–Trinajstić information content (AvgIpc) is 3.18. The van der Waals surface area contributed by atoms with Crippen molar-refractivity contribution < 1.29 is 9.59 Å². The smallest absolute Gasteiger partial charge is 0.264 e. The Kier molecular flexibility index (Phi) is 5.46. The Morgan fingerprint density at radius 3 is 2.10 bits per heavy atom. The van der Waals surface area contributed by atoms with E-state index in [2.05, 4.69) is 13.8 Å². The fourth-order valence-electron chi connectivity index (χ4n) is 3.26. The van der Waals surface area contributed by atoms with Crippen molar-refractivity contribution in [2.24, 2.45) is 0 Å². The Balaban J connectivity index is 1.80. The minimum Gasteiger partial charge on any atom is -0.295 e. The fourth-order valence-corrected chi connectivity index (χ4v) is 4.24. The maximum absolute atomic E-state index is 13.5. The molecule has 4 nitrogen and oxygen atoms in total. The van der Waals surface area contributed by atoms with Crippen LogP contribution in [-0.4, -0.2) is 16.7 Å². The third-order valence-corrected chi connectivity index (χ3v) is 6.05. The number of anilines is 2. The molecule has 4 aromatic rings. The molecule has 0 atom stereocenters. The zero-order valence-electron chi connectivity index (χ0n) is 17.1. The van der Waals surface area contributed by atoms with Gasteiger partial charge in [0.25, 0.3) is 5.91 Å². The molecule has 0 saturated carbocycles. The third kappa shape index (κ3) is 3.89. The Hall–Kier alpha value is -3.31. The van der Waals surface area contributed by atoms with Gasteiger partial charge in [-0.3, -0.25) is 14.5 Å². The first-order valence-corrected chi connectivity index (χ1v) is 10.7. The summed E-state index contributed by atoms with van der Waals surface area (Å²) in [6.07, 6.45) is 0. The first-order valence-electron chi connectivity index (χ1n) is 9.85. The van der Waals surface area contributed by atoms with Crippen LogP contribution in [0.5, 0.6) is 0 Å². The predicted octanol–water partition coefficient (Wildman–Crippen LogP) is 6.60. The van der Waals surface area contributed by atoms with E-state index in [0.29, 0.717) is 27.9 Å². The lowest BCUT2D eigenvalue weighted by atomic mass is 10.0. The van der Waals surface area contributed by atoms with Gasteiger partial charge < -0.3 is 0 Å². The number of hydrogen-bond donors (Lipinski definition) is 0. The fraction of sp³-hybridized carbons (Fsp3) is 0.160. The second-order valence-electron chi connectivity index (χ2n) is 7.48. The summed E-state index contributed by atoms with van der Waals surface area (Å²) in [5.74, 6) is 0.234. The second-order valence-corrected chi connectivity index (χ2v) is 8.49. The zero-order chi connectivity index (χ0) is 21.3. The standard InChI is InChI=1S/C25H22N2O2S/c1-16(2)18-8-10-20(11-9-18)24(29)27(21-14-12-19(13-15-21)17(3)28)25-26-22-6-4-5-7-23(22)30-25/h4-16H,1-3H3. The van der Waals surface area contributed by atoms with Crippen LogP contribution in [0.2, 0.25) is 0 Å². The summed E-state index contributed by atoms with van der Waals surface area (Å²) >= 11 is 1.47. The highest BCUT2D eigenvalue weighted by atomic mass is 32.1. The lowest BCUT2D eigenvalue weighted by Gasteiger charge is -2.20. The van der Waals surface area contributed by atoms with Crippen LogP contribution in [0.25, 0.3) is 10.2 Å². The van der Waals surface area contributed by atoms with Gasteiger partial charge in [0.05, 0.1) is 15.9 Å². The molecule has 0 saturated heterocycles. The number of Topliss-reactive ketones (excluding diaryl/α,β-unsaturated/α-hetero) is 1. The van der Waals surface area contributed by atoms with E-state index in [4.69, 9.17) is 4.98 Å². The molecule has 0 unspecified atom stereocenters. The summed E-state index contributed by atoms with van der Waals surface area (Å²) in [5, 5.41) is 0.602. The molecule has 0 spiro atoms. The van der Waals surface area contributed by atoms with Crippen molar-refractivity contribution in [1.82, 2.24) is 4.98 Å². The highest BCUT2D eigenvalue weighted by Gasteiger charge is 2.23. The van der Waals surface area contributed by atoms with E-state index in [1.807, 2.05) is 48.5 Å². The van der Waals surface area contributed by atoms with Gasteiger partial charge >= 0.3 is 0 Å². The summed E-state index contributed by atoms with van der Waals surface area (Å²) in [6.45, 7) is 5.78. The van der Waals surface area contributed by atoms with Crippen LogP contribution in [-0.2, 0) is 0 Å². The Bertz CT molecular complexity index is 1180. The van der Waals surface area contributed by atoms with Crippen molar-refractivity contribution in [3.8, 4) is 0 Å². The largest absolute Gasteiger partial charge is 0.295 e. The van der Waals surface area contributed by atoms with E-state index in [9.17, 15) is 9.59 Å². The van der Waals surface area contributed by atoms with E-state index in [1.54, 1.807) is 29.2 Å². The molecule has 0 bridgehead atoms. The molecule has 0 aliphatic heterocycles. The van der Waals surface area contributed by atoms with Gasteiger partial charge in [-0.2, -0.15) is 0 Å². The van der Waals surface area contributed by atoms with E-state index < -0.39 is 0 Å². The summed E-state index contributed by atoms with van der Waals surface area (Å²) in [4.78, 5) is 31.5. The number of carbonyl (C=O) groups excluding carboxylic acids is 2. The van der Waals surface area contributed by atoms with E-state index >= 15 is 0 Å². The first-order chi connectivity index (χ1) is 14.4. The summed E-state index contributed by atoms with van der Waals surface area (Å²) in [5.41, 5.74) is 3.91. The van der Waals surface area contributed by atoms with Crippen molar-refractivity contribution in [3.05, 3.63) is 89.5 Å². The lowest BCUT2D eigenvalue weighted by Crippen LogP contribution is -2.26. The topological polar surface area (TPSA) is 50.3 Å². The molecule has 0 aliphatic carbocycles. The number of benzene rings is 3. The number of carbonyl (C=O) groups is 2. The van der Waals surface area contributed by atoms with E-state index in [1.165, 1.54) is 23.8 Å². The molecule has 0 N–H and O–H groups in total. The number of thiazole rings is 1. The Morgan fingerprint density at radius 2 is 1.50 bits per heavy atom. The van der Waals surface area contributed by atoms with Gasteiger partial charge in [0.2, 0.25) is 0 Å². The van der Waals surface area contributed by atoms with Crippen molar-refractivity contribution >= 4 is 44.1 Å². The second kappa shape index (κ2) is 8.20. The maximum Gasteiger partial charge on any atom is 0.264 e. The molecular formula is C25H22N2O2S. The van der Waals surface area contributed by atoms with Crippen molar-refractivity contribution in [1.29, 1.82) is 0 Å². The van der Waals surface area contributed by atoms with Crippen LogP contribution < -0.4 is 4.90 Å². The number of nitrogens with zero attached hydrogens (tertiary/aromatic N) is 2. The average molecular weight is 415 g/mol.